The lowest BCUT2D eigenvalue weighted by atomic mass is 9.67. The van der Waals surface area contributed by atoms with Crippen LogP contribution < -0.4 is 10.1 Å². The fourth-order valence-electron chi connectivity index (χ4n) is 6.25. The van der Waals surface area contributed by atoms with Crippen molar-refractivity contribution in [2.45, 2.75) is 116 Å². The summed E-state index contributed by atoms with van der Waals surface area (Å²) in [6.45, 7) is 9.77. The zero-order chi connectivity index (χ0) is 26.5. The number of rotatable bonds is 14. The third-order valence-corrected chi connectivity index (χ3v) is 8.62. The number of Topliss-reactive ketones (excluding diaryl/α,β-unsaturated/α-hetero) is 1. The predicted molar refractivity (Wildman–Crippen MR) is 141 cm³/mol. The fourth-order valence-corrected chi connectivity index (χ4v) is 6.25. The molecule has 1 saturated heterocycles. The molecular weight excluding hydrogens is 454 g/mol. The van der Waals surface area contributed by atoms with Crippen molar-refractivity contribution in [3.05, 3.63) is 28.8 Å². The minimum Gasteiger partial charge on any atom is -0.426 e. The van der Waals surface area contributed by atoms with Gasteiger partial charge in [-0.15, -0.1) is 0 Å². The second-order valence-corrected chi connectivity index (χ2v) is 11.3. The first-order valence-electron chi connectivity index (χ1n) is 14.0. The highest BCUT2D eigenvalue weighted by atomic mass is 16.5. The van der Waals surface area contributed by atoms with Crippen LogP contribution in [0.15, 0.2) is 12.1 Å². The molecule has 0 spiro atoms. The minimum absolute atomic E-state index is 0.0697. The van der Waals surface area contributed by atoms with Crippen LogP contribution >= 0.6 is 0 Å². The van der Waals surface area contributed by atoms with Gasteiger partial charge in [0.15, 0.2) is 5.78 Å². The van der Waals surface area contributed by atoms with Gasteiger partial charge in [0.2, 0.25) is 5.91 Å². The first-order valence-corrected chi connectivity index (χ1v) is 14.0. The Balaban J connectivity index is 1.72. The Morgan fingerprint density at radius 2 is 1.67 bits per heavy atom. The number of ether oxygens (including phenoxy) is 1. The lowest BCUT2D eigenvalue weighted by molar-refractivity contribution is -0.134. The summed E-state index contributed by atoms with van der Waals surface area (Å²) in [5.41, 5.74) is 1.70. The number of unbranched alkanes of at least 4 members (excludes halogenated alkanes) is 8. The first-order chi connectivity index (χ1) is 17.2. The van der Waals surface area contributed by atoms with E-state index in [1.807, 2.05) is 6.07 Å². The van der Waals surface area contributed by atoms with Gasteiger partial charge in [-0.05, 0) is 42.5 Å². The van der Waals surface area contributed by atoms with E-state index in [1.54, 1.807) is 6.07 Å². The molecule has 0 aromatic heterocycles. The summed E-state index contributed by atoms with van der Waals surface area (Å²) in [5, 5.41) is 12.9. The van der Waals surface area contributed by atoms with Gasteiger partial charge in [-0.2, -0.15) is 0 Å². The number of nitrogens with one attached hydrogen (secondary N) is 1. The van der Waals surface area contributed by atoms with Gasteiger partial charge in [0, 0.05) is 17.8 Å². The topological polar surface area (TPSA) is 92.7 Å². The molecule has 6 heteroatoms. The Kier molecular flexibility index (Phi) is 9.73. The summed E-state index contributed by atoms with van der Waals surface area (Å²) >= 11 is 0. The molecular formula is C30H45NO5. The number of aliphatic hydroxyl groups excluding tert-OH is 1. The molecule has 36 heavy (non-hydrogen) atoms. The average molecular weight is 500 g/mol. The maximum absolute atomic E-state index is 13.0. The van der Waals surface area contributed by atoms with Gasteiger partial charge < -0.3 is 15.2 Å². The second-order valence-electron chi connectivity index (χ2n) is 11.3. The van der Waals surface area contributed by atoms with Crippen LogP contribution in [0.2, 0.25) is 0 Å². The number of hydrogen-bond donors (Lipinski definition) is 2. The van der Waals surface area contributed by atoms with E-state index in [4.69, 9.17) is 4.74 Å². The number of carbonyl (C=O) groups is 3. The van der Waals surface area contributed by atoms with Crippen LogP contribution in [-0.4, -0.2) is 35.4 Å². The highest BCUT2D eigenvalue weighted by Gasteiger charge is 2.60. The van der Waals surface area contributed by atoms with Gasteiger partial charge in [0.1, 0.15) is 5.75 Å². The molecule has 0 radical (unpaired) electrons. The van der Waals surface area contributed by atoms with E-state index in [2.05, 4.69) is 33.0 Å². The Morgan fingerprint density at radius 1 is 1.06 bits per heavy atom. The molecule has 200 valence electrons. The molecule has 1 amide bonds. The zero-order valence-corrected chi connectivity index (χ0v) is 22.8. The molecule has 6 nitrogen and oxygen atoms in total. The third kappa shape index (κ3) is 5.69. The Hall–Kier alpha value is -2.21. The minimum atomic E-state index is -0.498. The van der Waals surface area contributed by atoms with E-state index < -0.39 is 5.41 Å². The van der Waals surface area contributed by atoms with Crippen molar-refractivity contribution in [2.24, 2.45) is 11.8 Å². The maximum Gasteiger partial charge on any atom is 0.311 e. The third-order valence-electron chi connectivity index (χ3n) is 8.62. The number of aliphatic hydroxyl groups is 1. The monoisotopic (exact) mass is 499 g/mol. The van der Waals surface area contributed by atoms with Gasteiger partial charge >= 0.3 is 5.97 Å². The summed E-state index contributed by atoms with van der Waals surface area (Å²) in [5.74, 6) is -0.711. The van der Waals surface area contributed by atoms with E-state index >= 15 is 0 Å². The molecule has 2 N–H and O–H groups in total. The summed E-state index contributed by atoms with van der Waals surface area (Å²) in [4.78, 5) is 38.2. The molecule has 0 bridgehead atoms. The largest absolute Gasteiger partial charge is 0.426 e. The van der Waals surface area contributed by atoms with Crippen molar-refractivity contribution in [1.29, 1.82) is 0 Å². The molecule has 0 saturated carbocycles. The Morgan fingerprint density at radius 3 is 2.22 bits per heavy atom. The highest BCUT2D eigenvalue weighted by molar-refractivity contribution is 5.98. The molecule has 4 atom stereocenters. The molecule has 1 heterocycles. The number of benzene rings is 1. The lowest BCUT2D eigenvalue weighted by Gasteiger charge is -2.35. The SMILES string of the molecule is CCCCCCCCCCCC(=O)Oc1cc2c(cc1C(C)=O)C1C(C(=O)N[C@@H]1CO)[C@@]2(C)C(C)C. The van der Waals surface area contributed by atoms with Gasteiger partial charge in [-0.25, -0.2) is 0 Å². The molecule has 2 unspecified atom stereocenters. The van der Waals surface area contributed by atoms with Crippen molar-refractivity contribution in [1.82, 2.24) is 5.32 Å². The Labute approximate surface area is 216 Å². The number of amides is 1. The van der Waals surface area contributed by atoms with E-state index in [9.17, 15) is 19.5 Å². The fraction of sp³-hybridized carbons (Fsp3) is 0.700. The zero-order valence-electron chi connectivity index (χ0n) is 22.8. The first kappa shape index (κ1) is 28.4. The van der Waals surface area contributed by atoms with E-state index in [1.165, 1.54) is 45.4 Å². The van der Waals surface area contributed by atoms with Crippen molar-refractivity contribution in [3.8, 4) is 5.75 Å². The van der Waals surface area contributed by atoms with Crippen molar-refractivity contribution < 1.29 is 24.2 Å². The summed E-state index contributed by atoms with van der Waals surface area (Å²) in [7, 11) is 0. The number of ketones is 1. The number of carbonyl (C=O) groups excluding carboxylic acids is 3. The number of fused-ring (bicyclic) bond motifs is 3. The van der Waals surface area contributed by atoms with Crippen molar-refractivity contribution in [2.75, 3.05) is 6.61 Å². The normalized spacial score (nSPS) is 24.5. The van der Waals surface area contributed by atoms with Crippen LogP contribution in [0.5, 0.6) is 5.75 Å². The highest BCUT2D eigenvalue weighted by Crippen LogP contribution is 2.58. The average Bonchev–Trinajstić information content (AvgIpc) is 3.31. The number of esters is 1. The van der Waals surface area contributed by atoms with Crippen LogP contribution in [0.4, 0.5) is 0 Å². The molecule has 1 aliphatic heterocycles. The van der Waals surface area contributed by atoms with Gasteiger partial charge in [0.25, 0.3) is 0 Å². The van der Waals surface area contributed by atoms with Crippen LogP contribution in [0.3, 0.4) is 0 Å². The Bertz CT molecular complexity index is 955. The van der Waals surface area contributed by atoms with Crippen molar-refractivity contribution >= 4 is 17.7 Å². The van der Waals surface area contributed by atoms with Crippen LogP contribution in [0.25, 0.3) is 0 Å². The predicted octanol–water partition coefficient (Wildman–Crippen LogP) is 5.83. The van der Waals surface area contributed by atoms with Crippen LogP contribution in [-0.2, 0) is 15.0 Å². The van der Waals surface area contributed by atoms with E-state index in [0.717, 1.165) is 30.4 Å². The standard InChI is InChI=1S/C30H45NO5/c1-6-7-8-9-10-11-12-13-14-15-26(34)36-25-17-23-22(16-21(25)20(4)33)27-24(18-32)31-29(35)28(27)30(23,5)19(2)3/h16-17,19,24,27-28,32H,6-15,18H2,1-5H3,(H,31,35)/t24-,27?,28?,30+/m1/s1. The molecule has 1 aromatic carbocycles. The summed E-state index contributed by atoms with van der Waals surface area (Å²) in [6.07, 6.45) is 10.9. The van der Waals surface area contributed by atoms with E-state index in [-0.39, 0.29) is 53.8 Å². The van der Waals surface area contributed by atoms with Crippen molar-refractivity contribution in [3.63, 3.8) is 0 Å². The number of hydrogen-bond acceptors (Lipinski definition) is 5. The molecule has 1 fully saturated rings. The van der Waals surface area contributed by atoms with Gasteiger partial charge in [0.05, 0.1) is 24.1 Å². The van der Waals surface area contributed by atoms with E-state index in [0.29, 0.717) is 12.0 Å². The molecule has 2 aliphatic rings. The van der Waals surface area contributed by atoms with Gasteiger partial charge in [-0.1, -0.05) is 79.1 Å². The summed E-state index contributed by atoms with van der Waals surface area (Å²) < 4.78 is 5.77. The van der Waals surface area contributed by atoms with Crippen LogP contribution in [0, 0.1) is 11.8 Å². The lowest BCUT2D eigenvalue weighted by Crippen LogP contribution is -2.39. The smallest absolute Gasteiger partial charge is 0.311 e. The second kappa shape index (κ2) is 12.4. The molecule has 3 rings (SSSR count). The van der Waals surface area contributed by atoms with Gasteiger partial charge in [-0.3, -0.25) is 14.4 Å². The maximum atomic E-state index is 13.0. The summed E-state index contributed by atoms with van der Waals surface area (Å²) in [6, 6.07) is 3.23. The molecule has 1 aromatic rings. The molecule has 1 aliphatic carbocycles. The van der Waals surface area contributed by atoms with Crippen LogP contribution in [0.1, 0.15) is 126 Å². The quantitative estimate of drug-likeness (QED) is 0.145.